The van der Waals surface area contributed by atoms with Crippen LogP contribution >= 0.6 is 20.6 Å². The van der Waals surface area contributed by atoms with Crippen LogP contribution in [0.15, 0.2) is 59.6 Å². The Morgan fingerprint density at radius 3 is 2.00 bits per heavy atom. The van der Waals surface area contributed by atoms with Gasteiger partial charge in [-0.15, -0.1) is 0 Å². The lowest BCUT2D eigenvalue weighted by Gasteiger charge is -2.08. The fourth-order valence-electron chi connectivity index (χ4n) is 2.36. The normalized spacial score (nSPS) is 18.6. The smallest absolute Gasteiger partial charge is 0.236 e. The first kappa shape index (κ1) is 15.4. The van der Waals surface area contributed by atoms with Gasteiger partial charge in [-0.05, 0) is 58.8 Å². The third-order valence-electron chi connectivity index (χ3n) is 3.67. The number of nitrogens with zero attached hydrogens (tertiary/aromatic N) is 1. The molecule has 2 aliphatic rings. The maximum Gasteiger partial charge on any atom is 0.236 e. The first-order valence-electron chi connectivity index (χ1n) is 7.34. The van der Waals surface area contributed by atoms with Crippen LogP contribution in [0.1, 0.15) is 11.1 Å². The Balaban J connectivity index is 1.54. The second-order valence-electron chi connectivity index (χ2n) is 5.12. The van der Waals surface area contributed by atoms with Crippen molar-refractivity contribution in [3.05, 3.63) is 65.7 Å². The minimum absolute atomic E-state index is 0.369. The zero-order valence-electron chi connectivity index (χ0n) is 13.2. The van der Waals surface area contributed by atoms with Crippen molar-refractivity contribution in [1.29, 1.82) is 0 Å². The molecule has 0 amide bonds. The van der Waals surface area contributed by atoms with Gasteiger partial charge in [0.05, 0.1) is 24.0 Å². The van der Waals surface area contributed by atoms with Crippen molar-refractivity contribution >= 4 is 36.4 Å². The fraction of sp³-hybridized carbons (Fsp3) is 0.111. The maximum absolute atomic E-state index is 6.03. The van der Waals surface area contributed by atoms with E-state index in [9.17, 15) is 0 Å². The average molecular weight is 357 g/mol. The summed E-state index contributed by atoms with van der Waals surface area (Å²) in [5.41, 5.74) is 2.12. The lowest BCUT2D eigenvalue weighted by molar-refractivity contribution is 0.414. The van der Waals surface area contributed by atoms with Crippen LogP contribution in [0, 0.1) is 0 Å². The van der Waals surface area contributed by atoms with E-state index in [4.69, 9.17) is 13.7 Å². The molecule has 1 atom stereocenters. The Morgan fingerprint density at radius 1 is 0.875 bits per heavy atom. The second kappa shape index (κ2) is 6.37. The third kappa shape index (κ3) is 2.83. The molecule has 2 aliphatic heterocycles. The van der Waals surface area contributed by atoms with Gasteiger partial charge >= 0.3 is 0 Å². The van der Waals surface area contributed by atoms with Crippen molar-refractivity contribution < 1.29 is 13.7 Å². The summed E-state index contributed by atoms with van der Waals surface area (Å²) in [7, 11) is 4.66. The van der Waals surface area contributed by atoms with Crippen molar-refractivity contribution in [3.63, 3.8) is 0 Å². The third-order valence-corrected chi connectivity index (χ3v) is 6.92. The lowest BCUT2D eigenvalue weighted by Crippen LogP contribution is -1.99. The van der Waals surface area contributed by atoms with Gasteiger partial charge in [0.15, 0.2) is 0 Å². The van der Waals surface area contributed by atoms with Crippen molar-refractivity contribution in [2.45, 2.75) is 0 Å². The highest BCUT2D eigenvalue weighted by atomic mass is 33.1. The molecule has 4 nitrogen and oxygen atoms in total. The molecule has 0 fully saturated rings. The zero-order chi connectivity index (χ0) is 16.5. The number of ether oxygens (including phenoxy) is 2. The molecule has 2 aromatic rings. The Morgan fingerprint density at radius 2 is 1.46 bits per heavy atom. The van der Waals surface area contributed by atoms with E-state index < -0.39 is 0 Å². The molecule has 0 saturated heterocycles. The molecule has 122 valence electrons. The minimum Gasteiger partial charge on any atom is -0.497 e. The highest BCUT2D eigenvalue weighted by Crippen LogP contribution is 2.52. The zero-order valence-corrected chi connectivity index (χ0v) is 14.8. The van der Waals surface area contributed by atoms with Gasteiger partial charge in [0.2, 0.25) is 5.90 Å². The van der Waals surface area contributed by atoms with Gasteiger partial charge in [0, 0.05) is 10.5 Å². The van der Waals surface area contributed by atoms with Crippen molar-refractivity contribution in [2.75, 3.05) is 14.2 Å². The van der Waals surface area contributed by atoms with Gasteiger partial charge in [-0.1, -0.05) is 12.1 Å². The van der Waals surface area contributed by atoms with Gasteiger partial charge < -0.3 is 13.7 Å². The fourth-order valence-corrected chi connectivity index (χ4v) is 5.57. The van der Waals surface area contributed by atoms with Crippen molar-refractivity contribution in [2.24, 2.45) is 4.99 Å². The summed E-state index contributed by atoms with van der Waals surface area (Å²) in [6.07, 6.45) is 2.10. The van der Waals surface area contributed by atoms with E-state index in [-0.39, 0.29) is 9.80 Å². The predicted molar refractivity (Wildman–Crippen MR) is 102 cm³/mol. The van der Waals surface area contributed by atoms with Gasteiger partial charge in [0.1, 0.15) is 16.5 Å². The average Bonchev–Trinajstić information content (AvgIpc) is 3.21. The van der Waals surface area contributed by atoms with Crippen LogP contribution in [0.5, 0.6) is 11.5 Å². The summed E-state index contributed by atoms with van der Waals surface area (Å²) in [6.45, 7) is 0. The van der Waals surface area contributed by atoms with E-state index in [1.54, 1.807) is 25.0 Å². The summed E-state index contributed by atoms with van der Waals surface area (Å²) in [5, 5.41) is 0. The molecular formula is C18H15NO3S2. The number of hydrogen-bond donors (Lipinski definition) is 0. The van der Waals surface area contributed by atoms with E-state index >= 15 is 0 Å². The van der Waals surface area contributed by atoms with Crippen molar-refractivity contribution in [1.82, 2.24) is 0 Å². The van der Waals surface area contributed by atoms with E-state index in [0.29, 0.717) is 5.90 Å². The molecule has 0 aliphatic carbocycles. The monoisotopic (exact) mass is 357 g/mol. The number of benzene rings is 2. The quantitative estimate of drug-likeness (QED) is 0.597. The van der Waals surface area contributed by atoms with Gasteiger partial charge in [-0.3, -0.25) is 0 Å². The second-order valence-corrected chi connectivity index (χ2v) is 8.19. The predicted octanol–water partition coefficient (Wildman–Crippen LogP) is 4.50. The Bertz CT molecular complexity index is 797. The van der Waals surface area contributed by atoms with E-state index in [0.717, 1.165) is 27.6 Å². The van der Waals surface area contributed by atoms with Crippen molar-refractivity contribution in [3.8, 4) is 11.5 Å². The standard InChI is InChI=1S/C18H15NO3S2/c1-20-14-7-3-12(4-8-14)16-11-17-19-18(22-24(17)23-16)13-5-9-15(21-2)10-6-13/h3-11H,1-2H3. The van der Waals surface area contributed by atoms with Crippen LogP contribution in [-0.2, 0) is 4.18 Å². The summed E-state index contributed by atoms with van der Waals surface area (Å²) >= 11 is 0. The summed E-state index contributed by atoms with van der Waals surface area (Å²) in [4.78, 5) is 6.80. The Kier molecular flexibility index (Phi) is 4.08. The molecule has 0 spiro atoms. The number of aliphatic imine (C=N–C) groups is 1. The van der Waals surface area contributed by atoms with Crippen LogP contribution in [0.3, 0.4) is 0 Å². The maximum atomic E-state index is 6.03. The van der Waals surface area contributed by atoms with Crippen LogP contribution < -0.4 is 9.47 Å². The highest BCUT2D eigenvalue weighted by Gasteiger charge is 2.26. The summed E-state index contributed by atoms with van der Waals surface area (Å²) in [6, 6.07) is 15.8. The first-order chi connectivity index (χ1) is 11.8. The van der Waals surface area contributed by atoms with E-state index in [1.165, 1.54) is 4.91 Å². The number of hydrogen-bond acceptors (Lipinski definition) is 5. The topological polar surface area (TPSA) is 40.0 Å². The first-order valence-corrected chi connectivity index (χ1v) is 9.82. The Labute approximate surface area is 146 Å². The van der Waals surface area contributed by atoms with Gasteiger partial charge in [-0.2, -0.15) is 0 Å². The van der Waals surface area contributed by atoms with E-state index in [1.807, 2.05) is 36.4 Å². The molecule has 6 heteroatoms. The molecule has 0 aromatic heterocycles. The summed E-state index contributed by atoms with van der Waals surface area (Å²) < 4.78 is 16.4. The highest BCUT2D eigenvalue weighted by molar-refractivity contribution is 8.86. The van der Waals surface area contributed by atoms with Gasteiger partial charge in [-0.25, -0.2) is 4.99 Å². The number of methoxy groups -OCH3 is 2. The molecule has 0 radical (unpaired) electrons. The van der Waals surface area contributed by atoms with Crippen LogP contribution in [0.25, 0.3) is 4.91 Å². The van der Waals surface area contributed by atoms with Crippen LogP contribution in [-0.4, -0.2) is 25.1 Å². The number of rotatable bonds is 4. The molecule has 0 saturated carbocycles. The SMILES string of the molecule is COc1ccc(C2=CC3=S(OC(c4ccc(OC)cc4)=N3)S2)cc1. The molecule has 2 aromatic carbocycles. The molecule has 24 heavy (non-hydrogen) atoms. The Hall–Kier alpha value is -2.18. The van der Waals surface area contributed by atoms with E-state index in [2.05, 4.69) is 23.2 Å². The molecule has 4 rings (SSSR count). The lowest BCUT2D eigenvalue weighted by atomic mass is 10.2. The van der Waals surface area contributed by atoms with Crippen LogP contribution in [0.2, 0.25) is 0 Å². The molecule has 0 N–H and O–H groups in total. The molecule has 1 unspecified atom stereocenters. The largest absolute Gasteiger partial charge is 0.497 e. The summed E-state index contributed by atoms with van der Waals surface area (Å²) in [5.74, 6) is 2.35. The molecular weight excluding hydrogens is 342 g/mol. The van der Waals surface area contributed by atoms with Gasteiger partial charge in [0.25, 0.3) is 0 Å². The molecule has 2 heterocycles. The molecule has 0 bridgehead atoms. The van der Waals surface area contributed by atoms with Crippen LogP contribution in [0.4, 0.5) is 0 Å². The minimum atomic E-state index is -0.369.